The lowest BCUT2D eigenvalue weighted by atomic mass is 10.0. The zero-order valence-corrected chi connectivity index (χ0v) is 11.1. The van der Waals surface area contributed by atoms with Gasteiger partial charge in [-0.3, -0.25) is 4.98 Å². The molecular formula is C15H15NO3. The first kappa shape index (κ1) is 13.1. The number of hydrogen-bond acceptors (Lipinski definition) is 3. The number of pyridine rings is 1. The van der Waals surface area contributed by atoms with Crippen LogP contribution in [0.2, 0.25) is 0 Å². The van der Waals surface area contributed by atoms with Crippen LogP contribution in [0, 0.1) is 13.8 Å². The SMILES string of the molecule is COc1cc(C)nc2c(C)cc(/C=C/C(=O)O)cc12. The predicted molar refractivity (Wildman–Crippen MR) is 74.4 cm³/mol. The summed E-state index contributed by atoms with van der Waals surface area (Å²) in [6.07, 6.45) is 2.68. The fourth-order valence-electron chi connectivity index (χ4n) is 2.05. The van der Waals surface area contributed by atoms with Gasteiger partial charge in [0.15, 0.2) is 0 Å². The maximum atomic E-state index is 10.6. The van der Waals surface area contributed by atoms with Gasteiger partial charge in [-0.1, -0.05) is 0 Å². The molecule has 98 valence electrons. The third-order valence-corrected chi connectivity index (χ3v) is 2.85. The van der Waals surface area contributed by atoms with E-state index in [1.54, 1.807) is 13.2 Å². The fourth-order valence-corrected chi connectivity index (χ4v) is 2.05. The number of aliphatic carboxylic acids is 1. The minimum Gasteiger partial charge on any atom is -0.496 e. The van der Waals surface area contributed by atoms with Crippen LogP contribution in [0.3, 0.4) is 0 Å². The van der Waals surface area contributed by atoms with E-state index in [1.807, 2.05) is 32.0 Å². The summed E-state index contributed by atoms with van der Waals surface area (Å²) >= 11 is 0. The number of rotatable bonds is 3. The highest BCUT2D eigenvalue weighted by atomic mass is 16.5. The normalized spacial score (nSPS) is 11.1. The Hall–Kier alpha value is -2.36. The number of methoxy groups -OCH3 is 1. The van der Waals surface area contributed by atoms with E-state index in [0.29, 0.717) is 0 Å². The molecule has 1 heterocycles. The van der Waals surface area contributed by atoms with Crippen LogP contribution >= 0.6 is 0 Å². The van der Waals surface area contributed by atoms with Gasteiger partial charge in [-0.05, 0) is 43.2 Å². The highest BCUT2D eigenvalue weighted by Gasteiger charge is 2.08. The first-order chi connectivity index (χ1) is 9.01. The smallest absolute Gasteiger partial charge is 0.328 e. The summed E-state index contributed by atoms with van der Waals surface area (Å²) < 4.78 is 5.36. The minimum atomic E-state index is -0.966. The van der Waals surface area contributed by atoms with Gasteiger partial charge in [-0.15, -0.1) is 0 Å². The molecule has 0 fully saturated rings. The van der Waals surface area contributed by atoms with Gasteiger partial charge in [0, 0.05) is 23.2 Å². The lowest BCUT2D eigenvalue weighted by Crippen LogP contribution is -1.93. The molecule has 4 nitrogen and oxygen atoms in total. The second-order valence-electron chi connectivity index (χ2n) is 4.37. The van der Waals surface area contributed by atoms with E-state index >= 15 is 0 Å². The topological polar surface area (TPSA) is 59.4 Å². The van der Waals surface area contributed by atoms with Crippen LogP contribution in [0.25, 0.3) is 17.0 Å². The van der Waals surface area contributed by atoms with Gasteiger partial charge >= 0.3 is 5.97 Å². The van der Waals surface area contributed by atoms with Crippen LogP contribution < -0.4 is 4.74 Å². The van der Waals surface area contributed by atoms with Gasteiger partial charge in [0.05, 0.1) is 12.6 Å². The molecule has 1 aromatic heterocycles. The van der Waals surface area contributed by atoms with Crippen LogP contribution in [0.15, 0.2) is 24.3 Å². The van der Waals surface area contributed by atoms with E-state index < -0.39 is 5.97 Å². The second kappa shape index (κ2) is 5.10. The zero-order valence-electron chi connectivity index (χ0n) is 11.1. The summed E-state index contributed by atoms with van der Waals surface area (Å²) in [5, 5.41) is 9.56. The van der Waals surface area contributed by atoms with Crippen molar-refractivity contribution in [2.75, 3.05) is 7.11 Å². The Morgan fingerprint density at radius 2 is 2.05 bits per heavy atom. The van der Waals surface area contributed by atoms with Gasteiger partial charge in [0.25, 0.3) is 0 Å². The number of aryl methyl sites for hydroxylation is 2. The molecule has 0 bridgehead atoms. The molecule has 0 saturated heterocycles. The summed E-state index contributed by atoms with van der Waals surface area (Å²) in [7, 11) is 1.61. The third-order valence-electron chi connectivity index (χ3n) is 2.85. The molecule has 2 aromatic rings. The summed E-state index contributed by atoms with van der Waals surface area (Å²) in [5.41, 5.74) is 3.58. The van der Waals surface area contributed by atoms with Crippen molar-refractivity contribution in [1.29, 1.82) is 0 Å². The molecule has 19 heavy (non-hydrogen) atoms. The Kier molecular flexibility index (Phi) is 3.51. The Bertz CT molecular complexity index is 675. The molecule has 0 atom stereocenters. The molecule has 2 rings (SSSR count). The van der Waals surface area contributed by atoms with Crippen molar-refractivity contribution >= 4 is 22.9 Å². The van der Waals surface area contributed by atoms with E-state index in [-0.39, 0.29) is 0 Å². The first-order valence-corrected chi connectivity index (χ1v) is 5.88. The van der Waals surface area contributed by atoms with Gasteiger partial charge < -0.3 is 9.84 Å². The van der Waals surface area contributed by atoms with Crippen LogP contribution in [-0.4, -0.2) is 23.2 Å². The molecule has 1 aromatic carbocycles. The summed E-state index contributed by atoms with van der Waals surface area (Å²) in [6.45, 7) is 3.87. The number of carboxylic acids is 1. The molecule has 0 amide bonds. The average Bonchev–Trinajstić information content (AvgIpc) is 2.36. The molecule has 0 spiro atoms. The van der Waals surface area contributed by atoms with Crippen molar-refractivity contribution in [3.63, 3.8) is 0 Å². The zero-order chi connectivity index (χ0) is 14.0. The Morgan fingerprint density at radius 3 is 2.68 bits per heavy atom. The molecular weight excluding hydrogens is 242 g/mol. The van der Waals surface area contributed by atoms with Gasteiger partial charge in [0.2, 0.25) is 0 Å². The maximum absolute atomic E-state index is 10.6. The monoisotopic (exact) mass is 257 g/mol. The number of hydrogen-bond donors (Lipinski definition) is 1. The second-order valence-corrected chi connectivity index (χ2v) is 4.37. The number of benzene rings is 1. The fraction of sp³-hybridized carbons (Fsp3) is 0.200. The van der Waals surface area contributed by atoms with Crippen LogP contribution in [0.4, 0.5) is 0 Å². The molecule has 0 aliphatic heterocycles. The largest absolute Gasteiger partial charge is 0.496 e. The molecule has 4 heteroatoms. The van der Waals surface area contributed by atoms with Gasteiger partial charge in [-0.2, -0.15) is 0 Å². The summed E-state index contributed by atoms with van der Waals surface area (Å²) in [4.78, 5) is 15.1. The highest BCUT2D eigenvalue weighted by Crippen LogP contribution is 2.29. The van der Waals surface area contributed by atoms with Crippen molar-refractivity contribution in [2.45, 2.75) is 13.8 Å². The standard InChI is InChI=1S/C15H15NO3/c1-9-6-11(4-5-14(17)18)8-12-13(19-3)7-10(2)16-15(9)12/h4-8H,1-3H3,(H,17,18)/b5-4+. The molecule has 0 radical (unpaired) electrons. The minimum absolute atomic E-state index is 0.746. The number of aromatic nitrogens is 1. The van der Waals surface area contributed by atoms with E-state index in [9.17, 15) is 4.79 Å². The van der Waals surface area contributed by atoms with E-state index in [0.717, 1.165) is 39.5 Å². The highest BCUT2D eigenvalue weighted by molar-refractivity contribution is 5.91. The van der Waals surface area contributed by atoms with Gasteiger partial charge in [0.1, 0.15) is 5.75 Å². The summed E-state index contributed by atoms with van der Waals surface area (Å²) in [6, 6.07) is 5.66. The van der Waals surface area contributed by atoms with Crippen molar-refractivity contribution < 1.29 is 14.6 Å². The lowest BCUT2D eigenvalue weighted by molar-refractivity contribution is -0.131. The van der Waals surface area contributed by atoms with E-state index in [2.05, 4.69) is 4.98 Å². The van der Waals surface area contributed by atoms with Crippen molar-refractivity contribution in [2.24, 2.45) is 0 Å². The molecule has 0 saturated carbocycles. The molecule has 0 unspecified atom stereocenters. The van der Waals surface area contributed by atoms with E-state index in [1.165, 1.54) is 0 Å². The Labute approximate surface area is 111 Å². The molecule has 0 aliphatic rings. The predicted octanol–water partition coefficient (Wildman–Crippen LogP) is 2.96. The number of fused-ring (bicyclic) bond motifs is 1. The number of ether oxygens (including phenoxy) is 1. The van der Waals surface area contributed by atoms with Crippen LogP contribution in [0.1, 0.15) is 16.8 Å². The number of carboxylic acid groups (broad SMARTS) is 1. The third kappa shape index (κ3) is 2.73. The lowest BCUT2D eigenvalue weighted by Gasteiger charge is -2.09. The van der Waals surface area contributed by atoms with Crippen molar-refractivity contribution in [3.05, 3.63) is 41.1 Å². The first-order valence-electron chi connectivity index (χ1n) is 5.88. The number of carbonyl (C=O) groups is 1. The average molecular weight is 257 g/mol. The van der Waals surface area contributed by atoms with Crippen LogP contribution in [-0.2, 0) is 4.79 Å². The summed E-state index contributed by atoms with van der Waals surface area (Å²) in [5.74, 6) is -0.220. The maximum Gasteiger partial charge on any atom is 0.328 e. The Morgan fingerprint density at radius 1 is 1.32 bits per heavy atom. The van der Waals surface area contributed by atoms with Crippen LogP contribution in [0.5, 0.6) is 5.75 Å². The van der Waals surface area contributed by atoms with Crippen molar-refractivity contribution in [1.82, 2.24) is 4.98 Å². The van der Waals surface area contributed by atoms with Crippen molar-refractivity contribution in [3.8, 4) is 5.75 Å². The van der Waals surface area contributed by atoms with Gasteiger partial charge in [-0.25, -0.2) is 4.79 Å². The Balaban J connectivity index is 2.67. The number of nitrogens with zero attached hydrogens (tertiary/aromatic N) is 1. The van der Waals surface area contributed by atoms with E-state index in [4.69, 9.17) is 9.84 Å². The quantitative estimate of drug-likeness (QED) is 0.859. The molecule has 0 aliphatic carbocycles. The molecule has 1 N–H and O–H groups in total.